The molecule has 8 heteroatoms. The van der Waals surface area contributed by atoms with E-state index in [4.69, 9.17) is 14.2 Å². The smallest absolute Gasteiger partial charge is 0.255 e. The lowest BCUT2D eigenvalue weighted by Gasteiger charge is -2.29. The number of rotatable bonds is 10. The fourth-order valence-corrected chi connectivity index (χ4v) is 2.88. The van der Waals surface area contributed by atoms with Crippen molar-refractivity contribution < 1.29 is 19.3 Å². The minimum Gasteiger partial charge on any atom is -0.389 e. The van der Waals surface area contributed by atoms with E-state index in [2.05, 4.69) is 9.97 Å². The van der Waals surface area contributed by atoms with Gasteiger partial charge in [-0.1, -0.05) is 0 Å². The highest BCUT2D eigenvalue weighted by Crippen LogP contribution is 2.18. The van der Waals surface area contributed by atoms with Crippen molar-refractivity contribution >= 4 is 0 Å². The minimum absolute atomic E-state index is 0.173. The Morgan fingerprint density at radius 3 is 2.60 bits per heavy atom. The predicted octanol–water partition coefficient (Wildman–Crippen LogP) is 0.597. The lowest BCUT2D eigenvalue weighted by molar-refractivity contribution is -0.145. The Morgan fingerprint density at radius 2 is 1.96 bits per heavy atom. The summed E-state index contributed by atoms with van der Waals surface area (Å²) in [4.78, 5) is 21.9. The molecule has 25 heavy (non-hydrogen) atoms. The van der Waals surface area contributed by atoms with E-state index in [0.29, 0.717) is 57.3 Å². The second-order valence-electron chi connectivity index (χ2n) is 5.92. The minimum atomic E-state index is -0.654. The van der Waals surface area contributed by atoms with Crippen LogP contribution in [0.3, 0.4) is 0 Å². The van der Waals surface area contributed by atoms with Crippen LogP contribution < -0.4 is 5.56 Å². The normalized spacial score (nSPS) is 16.2. The van der Waals surface area contributed by atoms with E-state index < -0.39 is 12.4 Å². The zero-order valence-corrected chi connectivity index (χ0v) is 15.3. The van der Waals surface area contributed by atoms with Crippen molar-refractivity contribution in [3.63, 3.8) is 0 Å². The largest absolute Gasteiger partial charge is 0.389 e. The summed E-state index contributed by atoms with van der Waals surface area (Å²) >= 11 is 0. The maximum absolute atomic E-state index is 12.5. The number of nitrogens with zero attached hydrogens (tertiary/aromatic N) is 2. The maximum Gasteiger partial charge on any atom is 0.255 e. The van der Waals surface area contributed by atoms with E-state index in [9.17, 15) is 9.90 Å². The van der Waals surface area contributed by atoms with E-state index in [1.807, 2.05) is 25.7 Å². The second kappa shape index (κ2) is 9.98. The van der Waals surface area contributed by atoms with Crippen molar-refractivity contribution in [1.29, 1.82) is 0 Å². The number of aliphatic hydroxyl groups is 1. The molecule has 0 radical (unpaired) electrons. The summed E-state index contributed by atoms with van der Waals surface area (Å²) in [5.74, 6) is 0.414. The van der Waals surface area contributed by atoms with Crippen LogP contribution in [-0.2, 0) is 27.2 Å². The van der Waals surface area contributed by atoms with E-state index in [1.54, 1.807) is 0 Å². The van der Waals surface area contributed by atoms with Gasteiger partial charge < -0.3 is 24.3 Å². The van der Waals surface area contributed by atoms with Gasteiger partial charge >= 0.3 is 0 Å². The molecule has 0 saturated carbocycles. The van der Waals surface area contributed by atoms with Gasteiger partial charge in [0, 0.05) is 45.9 Å². The molecule has 0 aromatic carbocycles. The first kappa shape index (κ1) is 20.0. The van der Waals surface area contributed by atoms with Crippen molar-refractivity contribution in [3.05, 3.63) is 27.4 Å². The third-order valence-corrected chi connectivity index (χ3v) is 4.01. The second-order valence-corrected chi connectivity index (χ2v) is 5.92. The zero-order valence-electron chi connectivity index (χ0n) is 15.3. The Kier molecular flexibility index (Phi) is 7.98. The van der Waals surface area contributed by atoms with Gasteiger partial charge in [0.15, 0.2) is 5.82 Å². The number of ether oxygens (including phenoxy) is 3. The molecule has 2 N–H and O–H groups in total. The molecule has 0 amide bonds. The average molecular weight is 355 g/mol. The fourth-order valence-electron chi connectivity index (χ4n) is 2.88. The zero-order chi connectivity index (χ0) is 18.2. The molecule has 0 aliphatic carbocycles. The number of nitrogens with one attached hydrogen (secondary N) is 1. The maximum atomic E-state index is 12.5. The van der Waals surface area contributed by atoms with Gasteiger partial charge in [0.2, 0.25) is 6.29 Å². The molecule has 2 rings (SSSR count). The Hall–Kier alpha value is -1.32. The first-order valence-electron chi connectivity index (χ1n) is 8.92. The van der Waals surface area contributed by atoms with Gasteiger partial charge in [-0.15, -0.1) is 0 Å². The number of hydrogen-bond donors (Lipinski definition) is 2. The van der Waals surface area contributed by atoms with Gasteiger partial charge in [-0.2, -0.15) is 0 Å². The highest BCUT2D eigenvalue weighted by molar-refractivity contribution is 5.21. The molecule has 0 unspecified atom stereocenters. The number of fused-ring (bicyclic) bond motifs is 1. The number of aromatic amines is 1. The van der Waals surface area contributed by atoms with Crippen LogP contribution in [0.4, 0.5) is 0 Å². The van der Waals surface area contributed by atoms with Gasteiger partial charge in [-0.25, -0.2) is 4.98 Å². The predicted molar refractivity (Wildman–Crippen MR) is 92.3 cm³/mol. The van der Waals surface area contributed by atoms with E-state index in [0.717, 1.165) is 12.2 Å². The Balaban J connectivity index is 2.09. The molecular weight excluding hydrogens is 326 g/mol. The van der Waals surface area contributed by atoms with Crippen LogP contribution in [0.5, 0.6) is 0 Å². The summed E-state index contributed by atoms with van der Waals surface area (Å²) in [5.41, 5.74) is 1.25. The molecule has 142 valence electrons. The van der Waals surface area contributed by atoms with Crippen molar-refractivity contribution in [2.75, 3.05) is 39.5 Å². The molecule has 1 aromatic rings. The van der Waals surface area contributed by atoms with Crippen LogP contribution in [0.15, 0.2) is 4.79 Å². The Morgan fingerprint density at radius 1 is 1.24 bits per heavy atom. The summed E-state index contributed by atoms with van der Waals surface area (Å²) in [7, 11) is 0. The van der Waals surface area contributed by atoms with Crippen LogP contribution >= 0.6 is 0 Å². The van der Waals surface area contributed by atoms with E-state index in [1.165, 1.54) is 0 Å². The fraction of sp³-hybridized carbons (Fsp3) is 0.765. The monoisotopic (exact) mass is 355 g/mol. The van der Waals surface area contributed by atoms with Gasteiger partial charge in [-0.05, 0) is 20.8 Å². The molecule has 1 aliphatic heterocycles. The number of aromatic nitrogens is 2. The van der Waals surface area contributed by atoms with Crippen molar-refractivity contribution in [2.24, 2.45) is 0 Å². The summed E-state index contributed by atoms with van der Waals surface area (Å²) in [6, 6.07) is 0. The van der Waals surface area contributed by atoms with Gasteiger partial charge in [0.25, 0.3) is 5.56 Å². The van der Waals surface area contributed by atoms with E-state index >= 15 is 0 Å². The van der Waals surface area contributed by atoms with Crippen LogP contribution in [0, 0.1) is 0 Å². The topological polar surface area (TPSA) is 96.9 Å². The molecule has 2 heterocycles. The van der Waals surface area contributed by atoms with Gasteiger partial charge in [0.05, 0.1) is 24.0 Å². The highest BCUT2D eigenvalue weighted by atomic mass is 16.7. The summed E-state index contributed by atoms with van der Waals surface area (Å²) in [6.45, 7) is 9.13. The standard InChI is InChI=1S/C17H29N3O5/c1-4-23-11-12(21)9-20-8-7-14-13(10-20)16(22)19-15(18-14)17(24-5-2)25-6-3/h12,17,21H,4-11H2,1-3H3,(H,18,19,22)/t12-/m0/s1. The van der Waals surface area contributed by atoms with Crippen LogP contribution in [-0.4, -0.2) is 65.6 Å². The molecule has 1 aromatic heterocycles. The van der Waals surface area contributed by atoms with Gasteiger partial charge in [0.1, 0.15) is 0 Å². The molecule has 1 aliphatic rings. The molecule has 1 atom stereocenters. The van der Waals surface area contributed by atoms with Crippen LogP contribution in [0.1, 0.15) is 44.1 Å². The van der Waals surface area contributed by atoms with Gasteiger partial charge in [-0.3, -0.25) is 9.69 Å². The van der Waals surface area contributed by atoms with Crippen LogP contribution in [0.2, 0.25) is 0 Å². The van der Waals surface area contributed by atoms with E-state index in [-0.39, 0.29) is 5.56 Å². The van der Waals surface area contributed by atoms with Crippen molar-refractivity contribution in [3.8, 4) is 0 Å². The quantitative estimate of drug-likeness (QED) is 0.593. The lowest BCUT2D eigenvalue weighted by atomic mass is 10.1. The summed E-state index contributed by atoms with van der Waals surface area (Å²) < 4.78 is 16.3. The molecule has 8 nitrogen and oxygen atoms in total. The molecule has 0 bridgehead atoms. The Labute approximate surface area is 148 Å². The third kappa shape index (κ3) is 5.58. The number of H-pyrrole nitrogens is 1. The molecule has 0 saturated heterocycles. The SMILES string of the molecule is CCOC[C@@H](O)CN1CCc2nc(C(OCC)OCC)[nH]c(=O)c2C1. The summed E-state index contributed by atoms with van der Waals surface area (Å²) in [6.07, 6.45) is -0.564. The average Bonchev–Trinajstić information content (AvgIpc) is 2.60. The van der Waals surface area contributed by atoms with Crippen molar-refractivity contribution in [2.45, 2.75) is 46.1 Å². The highest BCUT2D eigenvalue weighted by Gasteiger charge is 2.25. The summed E-state index contributed by atoms with van der Waals surface area (Å²) in [5, 5.41) is 9.98. The molecular formula is C17H29N3O5. The Bertz CT molecular complexity index is 586. The first-order valence-corrected chi connectivity index (χ1v) is 8.92. The van der Waals surface area contributed by atoms with Crippen molar-refractivity contribution in [1.82, 2.24) is 14.9 Å². The lowest BCUT2D eigenvalue weighted by Crippen LogP contribution is -2.41. The molecule has 0 fully saturated rings. The number of hydrogen-bond acceptors (Lipinski definition) is 7. The third-order valence-electron chi connectivity index (χ3n) is 4.01. The molecule has 0 spiro atoms. The number of aliphatic hydroxyl groups excluding tert-OH is 1. The number of β-amino-alcohol motifs (C(OH)–C–C–N with tert-alkyl or cyclic N) is 1. The first-order chi connectivity index (χ1) is 12.1. The van der Waals surface area contributed by atoms with Crippen LogP contribution in [0.25, 0.3) is 0 Å².